The fourth-order valence-corrected chi connectivity index (χ4v) is 2.62. The van der Waals surface area contributed by atoms with Crippen LogP contribution in [0.5, 0.6) is 0 Å². The van der Waals surface area contributed by atoms with Crippen molar-refractivity contribution in [1.29, 1.82) is 0 Å². The molecule has 0 amide bonds. The number of hydrogen-bond donors (Lipinski definition) is 1. The first-order chi connectivity index (χ1) is 8.27. The number of ketones is 1. The monoisotopic (exact) mass is 232 g/mol. The van der Waals surface area contributed by atoms with Gasteiger partial charge in [-0.15, -0.1) is 0 Å². The quantitative estimate of drug-likeness (QED) is 0.809. The Labute approximate surface area is 103 Å². The second-order valence-corrected chi connectivity index (χ2v) is 4.96. The minimum absolute atomic E-state index is 0.0590. The summed E-state index contributed by atoms with van der Waals surface area (Å²) in [5.41, 5.74) is 0.711. The SMILES string of the molecule is O=C(CC(O)C1CCCCC1)c1ccccc1. The molecule has 1 aliphatic carbocycles. The summed E-state index contributed by atoms with van der Waals surface area (Å²) in [6, 6.07) is 9.25. The number of Topliss-reactive ketones (excluding diaryl/α,β-unsaturated/α-hetero) is 1. The Morgan fingerprint density at radius 1 is 1.18 bits per heavy atom. The van der Waals surface area contributed by atoms with Gasteiger partial charge in [0.25, 0.3) is 0 Å². The van der Waals surface area contributed by atoms with Crippen LogP contribution in [0.2, 0.25) is 0 Å². The van der Waals surface area contributed by atoms with Crippen LogP contribution in [0.1, 0.15) is 48.9 Å². The van der Waals surface area contributed by atoms with E-state index in [0.717, 1.165) is 12.8 Å². The van der Waals surface area contributed by atoms with E-state index in [1.54, 1.807) is 0 Å². The summed E-state index contributed by atoms with van der Waals surface area (Å²) in [7, 11) is 0. The van der Waals surface area contributed by atoms with Gasteiger partial charge in [0.05, 0.1) is 6.10 Å². The average Bonchev–Trinajstić information content (AvgIpc) is 2.40. The highest BCUT2D eigenvalue weighted by Crippen LogP contribution is 2.28. The lowest BCUT2D eigenvalue weighted by molar-refractivity contribution is 0.0638. The Morgan fingerprint density at radius 3 is 2.47 bits per heavy atom. The molecule has 92 valence electrons. The van der Waals surface area contributed by atoms with Gasteiger partial charge in [-0.25, -0.2) is 0 Å². The number of benzene rings is 1. The summed E-state index contributed by atoms with van der Waals surface area (Å²) in [6.07, 6.45) is 5.63. The third-order valence-electron chi connectivity index (χ3n) is 3.68. The van der Waals surface area contributed by atoms with Crippen LogP contribution in [0.3, 0.4) is 0 Å². The van der Waals surface area contributed by atoms with E-state index in [9.17, 15) is 9.90 Å². The van der Waals surface area contributed by atoms with Crippen LogP contribution in [0.25, 0.3) is 0 Å². The van der Waals surface area contributed by atoms with Crippen LogP contribution in [0, 0.1) is 5.92 Å². The molecule has 1 N–H and O–H groups in total. The number of aliphatic hydroxyl groups excluding tert-OH is 1. The molecule has 1 aromatic carbocycles. The molecular weight excluding hydrogens is 212 g/mol. The second kappa shape index (κ2) is 5.97. The zero-order chi connectivity index (χ0) is 12.1. The third kappa shape index (κ3) is 3.40. The Kier molecular flexibility index (Phi) is 4.32. The van der Waals surface area contributed by atoms with E-state index in [4.69, 9.17) is 0 Å². The van der Waals surface area contributed by atoms with Crippen molar-refractivity contribution < 1.29 is 9.90 Å². The normalized spacial score (nSPS) is 18.9. The van der Waals surface area contributed by atoms with E-state index in [-0.39, 0.29) is 12.2 Å². The lowest BCUT2D eigenvalue weighted by Gasteiger charge is -2.26. The van der Waals surface area contributed by atoms with E-state index in [1.165, 1.54) is 19.3 Å². The van der Waals surface area contributed by atoms with Crippen LogP contribution in [-0.4, -0.2) is 17.0 Å². The lowest BCUT2D eigenvalue weighted by atomic mass is 9.83. The van der Waals surface area contributed by atoms with Gasteiger partial charge in [-0.05, 0) is 18.8 Å². The standard InChI is InChI=1S/C15H20O2/c16-14(12-7-3-1-4-8-12)11-15(17)13-9-5-2-6-10-13/h1,3-4,7-8,13,15,17H,2,5-6,9-11H2. The third-order valence-corrected chi connectivity index (χ3v) is 3.68. The number of carbonyl (C=O) groups is 1. The zero-order valence-corrected chi connectivity index (χ0v) is 10.1. The highest BCUT2D eigenvalue weighted by molar-refractivity contribution is 5.96. The smallest absolute Gasteiger partial charge is 0.165 e. The number of carbonyl (C=O) groups excluding carboxylic acids is 1. The Bertz CT molecular complexity index is 352. The van der Waals surface area contributed by atoms with E-state index in [0.29, 0.717) is 11.5 Å². The van der Waals surface area contributed by atoms with Gasteiger partial charge in [0.2, 0.25) is 0 Å². The van der Waals surface area contributed by atoms with Crippen molar-refractivity contribution in [3.8, 4) is 0 Å². The summed E-state index contributed by atoms with van der Waals surface area (Å²) in [6.45, 7) is 0. The van der Waals surface area contributed by atoms with Gasteiger partial charge in [0.1, 0.15) is 0 Å². The molecule has 17 heavy (non-hydrogen) atoms. The lowest BCUT2D eigenvalue weighted by Crippen LogP contribution is -2.25. The minimum Gasteiger partial charge on any atom is -0.392 e. The van der Waals surface area contributed by atoms with Gasteiger partial charge in [-0.3, -0.25) is 4.79 Å². The summed E-state index contributed by atoms with van der Waals surface area (Å²) in [5.74, 6) is 0.389. The number of hydrogen-bond acceptors (Lipinski definition) is 2. The molecular formula is C15H20O2. The fourth-order valence-electron chi connectivity index (χ4n) is 2.62. The molecule has 2 heteroatoms. The van der Waals surface area contributed by atoms with Crippen LogP contribution in [0.15, 0.2) is 30.3 Å². The van der Waals surface area contributed by atoms with E-state index in [1.807, 2.05) is 30.3 Å². The molecule has 0 radical (unpaired) electrons. The summed E-state index contributed by atoms with van der Waals surface area (Å²) in [4.78, 5) is 11.9. The van der Waals surface area contributed by atoms with Crippen LogP contribution >= 0.6 is 0 Å². The first-order valence-corrected chi connectivity index (χ1v) is 6.53. The van der Waals surface area contributed by atoms with E-state index in [2.05, 4.69) is 0 Å². The van der Waals surface area contributed by atoms with Gasteiger partial charge in [-0.1, -0.05) is 49.6 Å². The summed E-state index contributed by atoms with van der Waals surface area (Å²) in [5, 5.41) is 10.1. The average molecular weight is 232 g/mol. The molecule has 0 heterocycles. The molecule has 0 saturated heterocycles. The van der Waals surface area contributed by atoms with Crippen molar-refractivity contribution in [2.75, 3.05) is 0 Å². The zero-order valence-electron chi connectivity index (χ0n) is 10.1. The molecule has 1 saturated carbocycles. The predicted octanol–water partition coefficient (Wildman–Crippen LogP) is 3.20. The minimum atomic E-state index is -0.456. The van der Waals surface area contributed by atoms with Crippen LogP contribution < -0.4 is 0 Å². The van der Waals surface area contributed by atoms with Gasteiger partial charge in [0, 0.05) is 12.0 Å². The Hall–Kier alpha value is -1.15. The maximum absolute atomic E-state index is 11.9. The van der Waals surface area contributed by atoms with Crippen molar-refractivity contribution in [1.82, 2.24) is 0 Å². The van der Waals surface area contributed by atoms with Crippen LogP contribution in [-0.2, 0) is 0 Å². The predicted molar refractivity (Wildman–Crippen MR) is 68.0 cm³/mol. The first kappa shape index (κ1) is 12.3. The van der Waals surface area contributed by atoms with Crippen molar-refractivity contribution in [2.24, 2.45) is 5.92 Å². The molecule has 1 atom stereocenters. The number of rotatable bonds is 4. The maximum atomic E-state index is 11.9. The van der Waals surface area contributed by atoms with Crippen molar-refractivity contribution >= 4 is 5.78 Å². The van der Waals surface area contributed by atoms with Gasteiger partial charge in [-0.2, -0.15) is 0 Å². The maximum Gasteiger partial charge on any atom is 0.165 e. The molecule has 0 aromatic heterocycles. The Morgan fingerprint density at radius 2 is 1.82 bits per heavy atom. The molecule has 1 aliphatic rings. The molecule has 0 bridgehead atoms. The molecule has 1 unspecified atom stereocenters. The largest absolute Gasteiger partial charge is 0.392 e. The van der Waals surface area contributed by atoms with E-state index >= 15 is 0 Å². The van der Waals surface area contributed by atoms with Gasteiger partial charge in [0.15, 0.2) is 5.78 Å². The topological polar surface area (TPSA) is 37.3 Å². The fraction of sp³-hybridized carbons (Fsp3) is 0.533. The van der Waals surface area contributed by atoms with Gasteiger partial charge < -0.3 is 5.11 Å². The van der Waals surface area contributed by atoms with Crippen molar-refractivity contribution in [2.45, 2.75) is 44.6 Å². The first-order valence-electron chi connectivity index (χ1n) is 6.53. The van der Waals surface area contributed by atoms with Gasteiger partial charge >= 0.3 is 0 Å². The molecule has 2 rings (SSSR count). The van der Waals surface area contributed by atoms with Crippen molar-refractivity contribution in [3.05, 3.63) is 35.9 Å². The van der Waals surface area contributed by atoms with Crippen LogP contribution in [0.4, 0.5) is 0 Å². The molecule has 0 aliphatic heterocycles. The highest BCUT2D eigenvalue weighted by Gasteiger charge is 2.23. The molecule has 1 fully saturated rings. The molecule has 2 nitrogen and oxygen atoms in total. The van der Waals surface area contributed by atoms with E-state index < -0.39 is 6.10 Å². The summed E-state index contributed by atoms with van der Waals surface area (Å²) >= 11 is 0. The second-order valence-electron chi connectivity index (χ2n) is 4.96. The molecule has 1 aromatic rings. The Balaban J connectivity index is 1.89. The number of aliphatic hydroxyl groups is 1. The summed E-state index contributed by atoms with van der Waals surface area (Å²) < 4.78 is 0. The highest BCUT2D eigenvalue weighted by atomic mass is 16.3. The molecule has 0 spiro atoms. The van der Waals surface area contributed by atoms with Crippen molar-refractivity contribution in [3.63, 3.8) is 0 Å².